The van der Waals surface area contributed by atoms with Gasteiger partial charge in [0.05, 0.1) is 11.2 Å². The molecule has 0 aromatic carbocycles. The highest BCUT2D eigenvalue weighted by Gasteiger charge is 2.20. The maximum Gasteiger partial charge on any atom is 0.259 e. The first-order chi connectivity index (χ1) is 10.6. The zero-order valence-corrected chi connectivity index (χ0v) is 12.9. The van der Waals surface area contributed by atoms with Crippen molar-refractivity contribution in [1.29, 1.82) is 0 Å². The molecule has 0 saturated carbocycles. The maximum absolute atomic E-state index is 12.2. The average Bonchev–Trinajstić information content (AvgIpc) is 3.01. The van der Waals surface area contributed by atoms with Crippen molar-refractivity contribution in [3.05, 3.63) is 23.8 Å². The largest absolute Gasteiger partial charge is 0.350 e. The number of carbonyl (C=O) groups excluding carboxylic acids is 1. The zero-order chi connectivity index (χ0) is 15.5. The van der Waals surface area contributed by atoms with Crippen LogP contribution in [0.25, 0.3) is 11.2 Å². The molecule has 0 unspecified atom stereocenters. The van der Waals surface area contributed by atoms with Crippen molar-refractivity contribution in [2.24, 2.45) is 5.73 Å². The molecule has 1 amide bonds. The molecule has 2 aromatic rings. The minimum absolute atomic E-state index is 0.0688. The summed E-state index contributed by atoms with van der Waals surface area (Å²) in [4.78, 5) is 30.3. The minimum atomic E-state index is -0.109. The Kier molecular flexibility index (Phi) is 4.25. The number of hydrogen-bond donors (Lipinski definition) is 3. The number of hydrogen-bond acceptors (Lipinski definition) is 7. The van der Waals surface area contributed by atoms with Gasteiger partial charge in [-0.3, -0.25) is 4.79 Å². The molecule has 0 aliphatic carbocycles. The van der Waals surface area contributed by atoms with Crippen molar-refractivity contribution in [3.8, 4) is 0 Å². The molecule has 0 bridgehead atoms. The Labute approximate surface area is 131 Å². The molecule has 116 valence electrons. The lowest BCUT2D eigenvalue weighted by atomic mass is 10.3. The van der Waals surface area contributed by atoms with E-state index in [0.717, 1.165) is 23.6 Å². The summed E-state index contributed by atoms with van der Waals surface area (Å²) in [6.07, 6.45) is 4.87. The molecule has 1 aliphatic heterocycles. The van der Waals surface area contributed by atoms with E-state index in [-0.39, 0.29) is 11.9 Å². The smallest absolute Gasteiger partial charge is 0.259 e. The third-order valence-electron chi connectivity index (χ3n) is 3.15. The lowest BCUT2D eigenvalue weighted by Gasteiger charge is -2.25. The van der Waals surface area contributed by atoms with Gasteiger partial charge in [-0.25, -0.2) is 15.0 Å². The summed E-state index contributed by atoms with van der Waals surface area (Å²) >= 11 is 1.53. The number of amides is 1. The van der Waals surface area contributed by atoms with Crippen LogP contribution in [0.1, 0.15) is 6.92 Å². The maximum atomic E-state index is 12.2. The fourth-order valence-corrected chi connectivity index (χ4v) is 3.01. The molecule has 1 atom stereocenters. The molecule has 0 fully saturated rings. The van der Waals surface area contributed by atoms with Crippen LogP contribution in [-0.4, -0.2) is 50.7 Å². The Bertz CT molecular complexity index is 711. The quantitative estimate of drug-likeness (QED) is 0.738. The van der Waals surface area contributed by atoms with Crippen LogP contribution in [-0.2, 0) is 4.79 Å². The van der Waals surface area contributed by atoms with Gasteiger partial charge in [-0.2, -0.15) is 0 Å². The molecular formula is C13H17N7OS. The molecular weight excluding hydrogens is 302 g/mol. The van der Waals surface area contributed by atoms with E-state index in [4.69, 9.17) is 5.73 Å². The van der Waals surface area contributed by atoms with E-state index in [0.29, 0.717) is 17.1 Å². The van der Waals surface area contributed by atoms with Gasteiger partial charge in [-0.15, -0.1) is 11.8 Å². The molecule has 0 spiro atoms. The van der Waals surface area contributed by atoms with Crippen molar-refractivity contribution >= 4 is 34.7 Å². The first kappa shape index (κ1) is 14.8. The molecule has 0 saturated heterocycles. The number of aromatic nitrogens is 4. The number of aromatic amines is 1. The summed E-state index contributed by atoms with van der Waals surface area (Å²) < 4.78 is 0. The van der Waals surface area contributed by atoms with Gasteiger partial charge in [0.2, 0.25) is 0 Å². The summed E-state index contributed by atoms with van der Waals surface area (Å²) in [5.41, 5.74) is 7.04. The first-order valence-corrected chi connectivity index (χ1v) is 7.93. The van der Waals surface area contributed by atoms with Gasteiger partial charge in [-0.1, -0.05) is 0 Å². The fourth-order valence-electron chi connectivity index (χ4n) is 2.10. The third kappa shape index (κ3) is 3.04. The van der Waals surface area contributed by atoms with E-state index < -0.39 is 0 Å². The van der Waals surface area contributed by atoms with Crippen LogP contribution in [0.5, 0.6) is 0 Å². The topological polar surface area (TPSA) is 113 Å². The number of carbonyl (C=O) groups is 1. The number of rotatable bonds is 4. The molecule has 0 radical (unpaired) electrons. The molecule has 2 aromatic heterocycles. The number of nitrogens with one attached hydrogen (secondary N) is 2. The summed E-state index contributed by atoms with van der Waals surface area (Å²) in [6.45, 7) is 3.07. The van der Waals surface area contributed by atoms with Crippen LogP contribution in [0.4, 0.5) is 5.82 Å². The lowest BCUT2D eigenvalue weighted by Crippen LogP contribution is -2.37. The second kappa shape index (κ2) is 6.32. The fraction of sp³-hybridized carbons (Fsp3) is 0.385. The SMILES string of the molecule is C[C@@H](N)CNC(=O)C1=CN(c2ncnc3nc[nH]c23)CCS1. The number of anilines is 1. The Balaban J connectivity index is 1.84. The highest BCUT2D eigenvalue weighted by Crippen LogP contribution is 2.27. The van der Waals surface area contributed by atoms with Gasteiger partial charge >= 0.3 is 0 Å². The summed E-state index contributed by atoms with van der Waals surface area (Å²) in [6, 6.07) is -0.0688. The van der Waals surface area contributed by atoms with Crippen LogP contribution < -0.4 is 16.0 Å². The summed E-state index contributed by atoms with van der Waals surface area (Å²) in [5.74, 6) is 1.42. The van der Waals surface area contributed by atoms with Crippen LogP contribution in [0.2, 0.25) is 0 Å². The zero-order valence-electron chi connectivity index (χ0n) is 12.1. The first-order valence-electron chi connectivity index (χ1n) is 6.94. The lowest BCUT2D eigenvalue weighted by molar-refractivity contribution is -0.116. The second-order valence-corrected chi connectivity index (χ2v) is 6.16. The van der Waals surface area contributed by atoms with Crippen molar-refractivity contribution in [1.82, 2.24) is 25.3 Å². The van der Waals surface area contributed by atoms with Crippen LogP contribution in [0.15, 0.2) is 23.8 Å². The molecule has 9 heteroatoms. The van der Waals surface area contributed by atoms with E-state index in [1.807, 2.05) is 18.0 Å². The van der Waals surface area contributed by atoms with E-state index in [2.05, 4.69) is 25.3 Å². The molecule has 1 aliphatic rings. The number of imidazole rings is 1. The number of fused-ring (bicyclic) bond motifs is 1. The van der Waals surface area contributed by atoms with Gasteiger partial charge in [-0.05, 0) is 6.92 Å². The second-order valence-electron chi connectivity index (χ2n) is 5.02. The number of H-pyrrole nitrogens is 1. The van der Waals surface area contributed by atoms with Crippen molar-refractivity contribution < 1.29 is 4.79 Å². The third-order valence-corrected chi connectivity index (χ3v) is 4.13. The van der Waals surface area contributed by atoms with Gasteiger partial charge in [0.1, 0.15) is 11.8 Å². The van der Waals surface area contributed by atoms with Gasteiger partial charge in [0, 0.05) is 31.1 Å². The van der Waals surface area contributed by atoms with Crippen molar-refractivity contribution in [2.45, 2.75) is 13.0 Å². The van der Waals surface area contributed by atoms with Crippen LogP contribution in [0.3, 0.4) is 0 Å². The molecule has 4 N–H and O–H groups in total. The molecule has 3 heterocycles. The highest BCUT2D eigenvalue weighted by atomic mass is 32.2. The van der Waals surface area contributed by atoms with Crippen LogP contribution in [0, 0.1) is 0 Å². The summed E-state index contributed by atoms with van der Waals surface area (Å²) in [7, 11) is 0. The number of thioether (sulfide) groups is 1. The highest BCUT2D eigenvalue weighted by molar-refractivity contribution is 8.04. The van der Waals surface area contributed by atoms with E-state index in [9.17, 15) is 4.79 Å². The Hall–Kier alpha value is -2.13. The normalized spacial score (nSPS) is 16.5. The Morgan fingerprint density at radius 1 is 1.55 bits per heavy atom. The monoisotopic (exact) mass is 319 g/mol. The van der Waals surface area contributed by atoms with Crippen molar-refractivity contribution in [3.63, 3.8) is 0 Å². The number of nitrogens with two attached hydrogens (primary N) is 1. The average molecular weight is 319 g/mol. The van der Waals surface area contributed by atoms with Gasteiger partial charge in [0.25, 0.3) is 5.91 Å². The molecule has 3 rings (SSSR count). The van der Waals surface area contributed by atoms with E-state index in [1.165, 1.54) is 18.1 Å². The predicted octanol–water partition coefficient (Wildman–Crippen LogP) is 0.211. The van der Waals surface area contributed by atoms with Crippen LogP contribution >= 0.6 is 11.8 Å². The Morgan fingerprint density at radius 3 is 3.23 bits per heavy atom. The van der Waals surface area contributed by atoms with Crippen molar-refractivity contribution in [2.75, 3.05) is 23.7 Å². The van der Waals surface area contributed by atoms with Gasteiger partial charge in [0.15, 0.2) is 11.5 Å². The van der Waals surface area contributed by atoms with Gasteiger partial charge < -0.3 is 20.9 Å². The minimum Gasteiger partial charge on any atom is -0.350 e. The Morgan fingerprint density at radius 2 is 2.41 bits per heavy atom. The molecule has 8 nitrogen and oxygen atoms in total. The number of nitrogens with zero attached hydrogens (tertiary/aromatic N) is 4. The van der Waals surface area contributed by atoms with E-state index >= 15 is 0 Å². The summed E-state index contributed by atoms with van der Waals surface area (Å²) in [5, 5.41) is 2.82. The molecule has 22 heavy (non-hydrogen) atoms. The van der Waals surface area contributed by atoms with E-state index in [1.54, 1.807) is 6.33 Å². The standard InChI is InChI=1S/C13H17N7OS/c1-8(14)4-15-13(21)9-5-20(2-3-22-9)12-10-11(17-6-16-10)18-7-19-12/h5-8H,2-4,14H2,1H3,(H,15,21)(H,16,17,18,19)/t8-/m1/s1. The predicted molar refractivity (Wildman–Crippen MR) is 86.2 cm³/mol.